The van der Waals surface area contributed by atoms with Crippen LogP contribution in [0.5, 0.6) is 5.75 Å². The maximum absolute atomic E-state index is 13.6. The lowest BCUT2D eigenvalue weighted by atomic mass is 9.95. The minimum atomic E-state index is -4.62. The van der Waals surface area contributed by atoms with Crippen LogP contribution < -0.4 is 5.43 Å². The van der Waals surface area contributed by atoms with Gasteiger partial charge in [-0.2, -0.15) is 18.3 Å². The van der Waals surface area contributed by atoms with Gasteiger partial charge < -0.3 is 9.84 Å². The molecular weight excluding hydrogens is 349 g/mol. The van der Waals surface area contributed by atoms with Crippen LogP contribution >= 0.6 is 0 Å². The third kappa shape index (κ3) is 4.40. The van der Waals surface area contributed by atoms with Crippen molar-refractivity contribution in [2.45, 2.75) is 13.1 Å². The first kappa shape index (κ1) is 19.5. The Labute approximate surface area is 148 Å². The van der Waals surface area contributed by atoms with Gasteiger partial charge in [-0.1, -0.05) is 24.3 Å². The van der Waals surface area contributed by atoms with Gasteiger partial charge in [-0.15, -0.1) is 0 Å². The number of hydrazone groups is 1. The van der Waals surface area contributed by atoms with Crippen LogP contribution in [0.2, 0.25) is 0 Å². The molecule has 0 atom stereocenters. The van der Waals surface area contributed by atoms with Gasteiger partial charge in [0.05, 0.1) is 17.9 Å². The summed E-state index contributed by atoms with van der Waals surface area (Å²) in [4.78, 5) is 10.4. The molecule has 0 aliphatic heterocycles. The fraction of sp³-hybridized carbons (Fsp3) is 0.222. The van der Waals surface area contributed by atoms with E-state index in [4.69, 9.17) is 4.74 Å². The van der Waals surface area contributed by atoms with E-state index in [1.54, 1.807) is 13.0 Å². The molecule has 8 heteroatoms. The number of amides is 1. The number of carbonyl (C=O) groups is 1. The molecule has 2 aromatic carbocycles. The molecule has 26 heavy (non-hydrogen) atoms. The molecule has 0 spiro atoms. The van der Waals surface area contributed by atoms with E-state index in [9.17, 15) is 23.1 Å². The summed E-state index contributed by atoms with van der Waals surface area (Å²) in [5.41, 5.74) is 2.21. The van der Waals surface area contributed by atoms with E-state index < -0.39 is 11.7 Å². The number of aromatic hydroxyl groups is 1. The van der Waals surface area contributed by atoms with Crippen molar-refractivity contribution in [3.05, 3.63) is 53.1 Å². The highest BCUT2D eigenvalue weighted by Gasteiger charge is 2.34. The first-order valence-electron chi connectivity index (χ1n) is 7.54. The zero-order valence-electron chi connectivity index (χ0n) is 14.1. The lowest BCUT2D eigenvalue weighted by molar-refractivity contribution is -0.137. The number of nitrogens with zero attached hydrogens (tertiary/aromatic N) is 1. The summed E-state index contributed by atoms with van der Waals surface area (Å²) >= 11 is 0. The van der Waals surface area contributed by atoms with Gasteiger partial charge >= 0.3 is 6.18 Å². The largest absolute Gasteiger partial charge is 0.508 e. The number of hydrogen-bond acceptors (Lipinski definition) is 4. The van der Waals surface area contributed by atoms with Crippen LogP contribution in [0, 0.1) is 6.92 Å². The van der Waals surface area contributed by atoms with Crippen LogP contribution in [-0.4, -0.2) is 30.9 Å². The Bertz CT molecular complexity index is 833. The smallest absolute Gasteiger partial charge is 0.417 e. The summed E-state index contributed by atoms with van der Waals surface area (Å²) in [6.45, 7) is 1.57. The van der Waals surface area contributed by atoms with Crippen molar-refractivity contribution in [1.29, 1.82) is 0 Å². The van der Waals surface area contributed by atoms with E-state index in [0.29, 0.717) is 12.0 Å². The van der Waals surface area contributed by atoms with Crippen LogP contribution in [0.4, 0.5) is 13.2 Å². The van der Waals surface area contributed by atoms with Crippen molar-refractivity contribution in [2.75, 3.05) is 13.7 Å². The summed E-state index contributed by atoms with van der Waals surface area (Å²) in [7, 11) is 1.37. The van der Waals surface area contributed by atoms with Crippen molar-refractivity contribution < 1.29 is 27.8 Å². The number of benzene rings is 2. The summed E-state index contributed by atoms with van der Waals surface area (Å²) < 4.78 is 45.7. The van der Waals surface area contributed by atoms with Gasteiger partial charge in [-0.25, -0.2) is 5.43 Å². The van der Waals surface area contributed by atoms with E-state index in [2.05, 4.69) is 10.5 Å². The Hall–Kier alpha value is -2.87. The number of phenols is 1. The molecule has 2 aromatic rings. The van der Waals surface area contributed by atoms with Gasteiger partial charge in [0.1, 0.15) is 5.75 Å². The van der Waals surface area contributed by atoms with Crippen LogP contribution in [-0.2, 0) is 15.7 Å². The van der Waals surface area contributed by atoms with E-state index in [1.807, 2.05) is 0 Å². The molecule has 0 bridgehead atoms. The number of rotatable bonds is 6. The standard InChI is InChI=1S/C18H17F3N2O3/c1-11-3-4-12(8-17(11)25)14-6-5-13(7-15(14)18(19,20)21)16(9-26-2)23-22-10-24/h3-8,10,25H,9H2,1-2H3,(H,22,24)/b23-16+. The van der Waals surface area contributed by atoms with E-state index >= 15 is 0 Å². The third-order valence-corrected chi connectivity index (χ3v) is 3.71. The van der Waals surface area contributed by atoms with Crippen molar-refractivity contribution >= 4 is 12.1 Å². The fourth-order valence-corrected chi connectivity index (χ4v) is 2.41. The van der Waals surface area contributed by atoms with Crippen LogP contribution in [0.15, 0.2) is 41.5 Å². The molecular formula is C18H17F3N2O3. The van der Waals surface area contributed by atoms with Gasteiger partial charge in [0.2, 0.25) is 6.41 Å². The minimum absolute atomic E-state index is 0.0725. The van der Waals surface area contributed by atoms with Gasteiger partial charge in [-0.3, -0.25) is 4.79 Å². The molecule has 0 radical (unpaired) electrons. The number of halogens is 3. The fourth-order valence-electron chi connectivity index (χ4n) is 2.41. The summed E-state index contributed by atoms with van der Waals surface area (Å²) in [6, 6.07) is 8.04. The lowest BCUT2D eigenvalue weighted by Gasteiger charge is -2.16. The van der Waals surface area contributed by atoms with Crippen LogP contribution in [0.25, 0.3) is 11.1 Å². The average molecular weight is 366 g/mol. The van der Waals surface area contributed by atoms with Crippen molar-refractivity contribution in [2.24, 2.45) is 5.10 Å². The highest BCUT2D eigenvalue weighted by Crippen LogP contribution is 2.39. The predicted molar refractivity (Wildman–Crippen MR) is 90.9 cm³/mol. The Morgan fingerprint density at radius 2 is 2.00 bits per heavy atom. The molecule has 0 saturated carbocycles. The SMILES string of the molecule is COC/C(=N\NC=O)c1ccc(-c2ccc(C)c(O)c2)c(C(F)(F)F)c1. The molecule has 0 heterocycles. The summed E-state index contributed by atoms with van der Waals surface area (Å²) in [6.07, 6.45) is -4.31. The predicted octanol–water partition coefficient (Wildman–Crippen LogP) is 3.48. The zero-order chi connectivity index (χ0) is 19.3. The summed E-state index contributed by atoms with van der Waals surface area (Å²) in [5, 5.41) is 13.5. The van der Waals surface area contributed by atoms with E-state index in [0.717, 1.165) is 6.07 Å². The molecule has 138 valence electrons. The number of hydrogen-bond donors (Lipinski definition) is 2. The van der Waals surface area contributed by atoms with Crippen LogP contribution in [0.3, 0.4) is 0 Å². The number of aryl methyl sites for hydroxylation is 1. The Morgan fingerprint density at radius 1 is 1.27 bits per heavy atom. The van der Waals surface area contributed by atoms with Crippen molar-refractivity contribution in [3.8, 4) is 16.9 Å². The van der Waals surface area contributed by atoms with E-state index in [1.165, 1.54) is 31.4 Å². The average Bonchev–Trinajstić information content (AvgIpc) is 2.60. The van der Waals surface area contributed by atoms with Gasteiger partial charge in [0, 0.05) is 12.7 Å². The highest BCUT2D eigenvalue weighted by molar-refractivity contribution is 6.02. The van der Waals surface area contributed by atoms with Crippen molar-refractivity contribution in [1.82, 2.24) is 5.43 Å². The molecule has 0 saturated heterocycles. The minimum Gasteiger partial charge on any atom is -0.508 e. The molecule has 0 fully saturated rings. The third-order valence-electron chi connectivity index (χ3n) is 3.71. The van der Waals surface area contributed by atoms with Gasteiger partial charge in [0.25, 0.3) is 0 Å². The molecule has 2 rings (SSSR count). The Balaban J connectivity index is 2.61. The topological polar surface area (TPSA) is 70.9 Å². The number of methoxy groups -OCH3 is 1. The zero-order valence-corrected chi connectivity index (χ0v) is 14.1. The maximum atomic E-state index is 13.6. The highest BCUT2D eigenvalue weighted by atomic mass is 19.4. The Morgan fingerprint density at radius 3 is 2.58 bits per heavy atom. The number of carbonyl (C=O) groups excluding carboxylic acids is 1. The molecule has 0 aliphatic carbocycles. The number of alkyl halides is 3. The second-order valence-corrected chi connectivity index (χ2v) is 5.50. The van der Waals surface area contributed by atoms with E-state index in [-0.39, 0.29) is 34.8 Å². The second kappa shape index (κ2) is 8.01. The monoisotopic (exact) mass is 366 g/mol. The normalized spacial score (nSPS) is 12.1. The lowest BCUT2D eigenvalue weighted by Crippen LogP contribution is -2.16. The van der Waals surface area contributed by atoms with Crippen molar-refractivity contribution in [3.63, 3.8) is 0 Å². The molecule has 5 nitrogen and oxygen atoms in total. The van der Waals surface area contributed by atoms with Gasteiger partial charge in [-0.05, 0) is 35.7 Å². The first-order valence-corrected chi connectivity index (χ1v) is 7.54. The van der Waals surface area contributed by atoms with Gasteiger partial charge in [0.15, 0.2) is 0 Å². The van der Waals surface area contributed by atoms with Crippen LogP contribution in [0.1, 0.15) is 16.7 Å². The molecule has 1 amide bonds. The molecule has 0 aromatic heterocycles. The molecule has 0 unspecified atom stereocenters. The first-order chi connectivity index (χ1) is 12.3. The summed E-state index contributed by atoms with van der Waals surface area (Å²) in [5.74, 6) is -0.0866. The second-order valence-electron chi connectivity index (χ2n) is 5.50. The quantitative estimate of drug-likeness (QED) is 0.467. The Kier molecular flexibility index (Phi) is 5.99. The molecule has 2 N–H and O–H groups in total. The molecule has 0 aliphatic rings. The number of phenolic OH excluding ortho intramolecular Hbond substituents is 1. The maximum Gasteiger partial charge on any atom is 0.417 e. The number of nitrogens with one attached hydrogen (secondary N) is 1. The number of ether oxygens (including phenoxy) is 1.